The molecular formula is C37H39ClFN7O2. The van der Waals surface area contributed by atoms with E-state index in [1.54, 1.807) is 19.3 Å². The van der Waals surface area contributed by atoms with Crippen molar-refractivity contribution >= 4 is 34.2 Å². The monoisotopic (exact) mass is 667 g/mol. The first-order chi connectivity index (χ1) is 23.1. The van der Waals surface area contributed by atoms with Crippen LogP contribution in [0.15, 0.2) is 48.8 Å². The molecule has 1 N–H and O–H groups in total. The number of aromatic nitrogens is 3. The van der Waals surface area contributed by atoms with E-state index in [9.17, 15) is 14.4 Å². The number of anilines is 1. The van der Waals surface area contributed by atoms with Gasteiger partial charge in [0.1, 0.15) is 23.3 Å². The number of benzene rings is 2. The van der Waals surface area contributed by atoms with E-state index in [-0.39, 0.29) is 16.5 Å². The van der Waals surface area contributed by atoms with Gasteiger partial charge in [0, 0.05) is 68.5 Å². The molecule has 2 bridgehead atoms. The fourth-order valence-corrected chi connectivity index (χ4v) is 9.42. The lowest BCUT2D eigenvalue weighted by Gasteiger charge is -2.71. The largest absolute Gasteiger partial charge is 0.434 e. The van der Waals surface area contributed by atoms with E-state index in [1.807, 2.05) is 0 Å². The van der Waals surface area contributed by atoms with Crippen molar-refractivity contribution in [3.8, 4) is 17.7 Å². The van der Waals surface area contributed by atoms with Crippen LogP contribution in [0.4, 0.5) is 10.2 Å². The summed E-state index contributed by atoms with van der Waals surface area (Å²) in [5.74, 6) is 2.07. The number of piperidine rings is 1. The Balaban J connectivity index is 0.927. The summed E-state index contributed by atoms with van der Waals surface area (Å²) in [6, 6.07) is 13.0. The summed E-state index contributed by atoms with van der Waals surface area (Å²) in [4.78, 5) is 25.4. The molecule has 5 aliphatic rings. The molecule has 0 spiro atoms. The highest BCUT2D eigenvalue weighted by molar-refractivity contribution is 6.32. The lowest BCUT2D eigenvalue weighted by molar-refractivity contribution is -0.168. The van der Waals surface area contributed by atoms with Crippen LogP contribution in [-0.2, 0) is 17.9 Å². The van der Waals surface area contributed by atoms with Gasteiger partial charge in [0.15, 0.2) is 5.82 Å². The van der Waals surface area contributed by atoms with E-state index >= 15 is 0 Å². The van der Waals surface area contributed by atoms with Crippen molar-refractivity contribution in [3.05, 3.63) is 76.5 Å². The molecule has 3 saturated carbocycles. The summed E-state index contributed by atoms with van der Waals surface area (Å²) < 4.78 is 21.8. The van der Waals surface area contributed by atoms with Crippen molar-refractivity contribution < 1.29 is 13.9 Å². The van der Waals surface area contributed by atoms with Crippen molar-refractivity contribution in [2.75, 3.05) is 31.1 Å². The summed E-state index contributed by atoms with van der Waals surface area (Å²) in [7, 11) is 0. The van der Waals surface area contributed by atoms with Gasteiger partial charge in [-0.3, -0.25) is 9.69 Å². The van der Waals surface area contributed by atoms with Crippen LogP contribution in [0, 0.1) is 41.3 Å². The molecule has 3 aliphatic carbocycles. The maximum absolute atomic E-state index is 13.6. The minimum atomic E-state index is -0.421. The lowest BCUT2D eigenvalue weighted by atomic mass is 9.38. The van der Waals surface area contributed by atoms with E-state index < -0.39 is 5.82 Å². The Morgan fingerprint density at radius 3 is 2.69 bits per heavy atom. The molecule has 248 valence electrons. The summed E-state index contributed by atoms with van der Waals surface area (Å²) in [6.07, 6.45) is 8.56. The molecule has 5 fully saturated rings. The molecule has 11 heteroatoms. The smallest absolute Gasteiger partial charge is 0.263 e. The first-order valence-corrected chi connectivity index (χ1v) is 17.2. The van der Waals surface area contributed by atoms with Gasteiger partial charge < -0.3 is 19.5 Å². The molecule has 4 heterocycles. The number of ether oxygens (including phenoxy) is 1. The number of carbonyl (C=O) groups excluding carboxylic acids is 1. The fourth-order valence-electron chi connectivity index (χ4n) is 9.21. The number of halogens is 2. The molecular weight excluding hydrogens is 629 g/mol. The predicted octanol–water partition coefficient (Wildman–Crippen LogP) is 6.60. The number of nitrogens with zero attached hydrogens (tertiary/aromatic N) is 6. The number of hydrogen-bond donors (Lipinski definition) is 1. The van der Waals surface area contributed by atoms with Crippen LogP contribution < -0.4 is 15.0 Å². The van der Waals surface area contributed by atoms with Crippen molar-refractivity contribution in [3.63, 3.8) is 0 Å². The van der Waals surface area contributed by atoms with Crippen LogP contribution in [0.2, 0.25) is 5.02 Å². The number of fused-ring (bicyclic) bond motifs is 2. The molecule has 0 radical (unpaired) electrons. The SMILES string of the molecule is CC(=O)NC12CC(CCn3c(C#N)cc4c(C)c(CN5CCC6CN(c7nccnc7Oc7ccc(F)cc7Cl)CC6C5)ccc43)(C1)C2. The quantitative estimate of drug-likeness (QED) is 0.215. The van der Waals surface area contributed by atoms with Gasteiger partial charge in [0.25, 0.3) is 5.88 Å². The normalized spacial score (nSPS) is 26.0. The number of amides is 1. The standard InChI is InChI=1S/C37H39ClFN7O2/c1-23-25(3-5-32-30(23)14-29(15-40)46(32)12-8-36-20-37(21-36,22-36)43-24(2)47)16-44-11-7-26-18-45(19-27(26)17-44)34-35(42-10-9-41-34)48-33-6-4-28(39)13-31(33)38/h3-6,9-10,13-14,26-27H,7-8,11-12,16-22H2,1-2H3,(H,43,47). The van der Waals surface area contributed by atoms with Gasteiger partial charge in [0.2, 0.25) is 5.91 Å². The lowest BCUT2D eigenvalue weighted by Crippen LogP contribution is -2.74. The highest BCUT2D eigenvalue weighted by Crippen LogP contribution is 2.69. The highest BCUT2D eigenvalue weighted by atomic mass is 35.5. The summed E-state index contributed by atoms with van der Waals surface area (Å²) >= 11 is 6.23. The maximum atomic E-state index is 13.6. The van der Waals surface area contributed by atoms with Gasteiger partial charge in [-0.25, -0.2) is 14.4 Å². The van der Waals surface area contributed by atoms with E-state index in [1.165, 1.54) is 29.3 Å². The van der Waals surface area contributed by atoms with E-state index in [2.05, 4.69) is 60.8 Å². The van der Waals surface area contributed by atoms with E-state index in [0.29, 0.717) is 40.4 Å². The number of nitriles is 1. The van der Waals surface area contributed by atoms with Gasteiger partial charge in [-0.1, -0.05) is 17.7 Å². The Morgan fingerprint density at radius 2 is 1.92 bits per heavy atom. The first kappa shape index (κ1) is 31.1. The average molecular weight is 668 g/mol. The molecule has 4 aromatic rings. The fraction of sp³-hybridized carbons (Fsp3) is 0.459. The molecule has 2 aliphatic heterocycles. The number of aryl methyl sites for hydroxylation is 2. The van der Waals surface area contributed by atoms with Crippen molar-refractivity contribution in [2.45, 2.75) is 64.6 Å². The average Bonchev–Trinajstić information content (AvgIpc) is 3.62. The molecule has 48 heavy (non-hydrogen) atoms. The Labute approximate surface area is 284 Å². The van der Waals surface area contributed by atoms with Crippen molar-refractivity contribution in [1.82, 2.24) is 24.8 Å². The van der Waals surface area contributed by atoms with Crippen LogP contribution >= 0.6 is 11.6 Å². The zero-order chi connectivity index (χ0) is 33.2. The molecule has 2 saturated heterocycles. The van der Waals surface area contributed by atoms with E-state index in [0.717, 1.165) is 82.3 Å². The number of rotatable bonds is 9. The molecule has 9 rings (SSSR count). The van der Waals surface area contributed by atoms with Crippen LogP contribution in [0.3, 0.4) is 0 Å². The third kappa shape index (κ3) is 5.47. The number of carbonyl (C=O) groups is 1. The van der Waals surface area contributed by atoms with Gasteiger partial charge in [-0.05, 0) is 104 Å². The van der Waals surface area contributed by atoms with Gasteiger partial charge in [0.05, 0.1) is 5.02 Å². The van der Waals surface area contributed by atoms with E-state index in [4.69, 9.17) is 16.3 Å². The minimum absolute atomic E-state index is 0.0341. The van der Waals surface area contributed by atoms with Gasteiger partial charge in [-0.15, -0.1) is 0 Å². The molecule has 2 unspecified atom stereocenters. The van der Waals surface area contributed by atoms with Crippen LogP contribution in [0.25, 0.3) is 10.9 Å². The van der Waals surface area contributed by atoms with Crippen molar-refractivity contribution in [1.29, 1.82) is 5.26 Å². The number of hydrogen-bond acceptors (Lipinski definition) is 7. The predicted molar refractivity (Wildman–Crippen MR) is 181 cm³/mol. The molecule has 2 atom stereocenters. The Hall–Kier alpha value is -4.20. The minimum Gasteiger partial charge on any atom is -0.434 e. The second-order valence-electron chi connectivity index (χ2n) is 14.6. The summed E-state index contributed by atoms with van der Waals surface area (Å²) in [5, 5.41) is 14.5. The van der Waals surface area contributed by atoms with Crippen LogP contribution in [-0.4, -0.2) is 57.1 Å². The number of nitrogens with one attached hydrogen (secondary N) is 1. The molecule has 1 amide bonds. The molecule has 2 aromatic heterocycles. The Kier molecular flexibility index (Phi) is 7.61. The summed E-state index contributed by atoms with van der Waals surface area (Å²) in [6.45, 7) is 9.23. The molecule has 9 nitrogen and oxygen atoms in total. The second kappa shape index (κ2) is 11.7. The van der Waals surface area contributed by atoms with Crippen LogP contribution in [0.1, 0.15) is 55.8 Å². The van der Waals surface area contributed by atoms with Crippen molar-refractivity contribution in [2.24, 2.45) is 17.3 Å². The topological polar surface area (TPSA) is 99.3 Å². The molecule has 2 aromatic carbocycles. The zero-order valence-electron chi connectivity index (χ0n) is 27.3. The summed E-state index contributed by atoms with van der Waals surface area (Å²) in [5.41, 5.74) is 4.73. The third-order valence-corrected chi connectivity index (χ3v) is 11.6. The van der Waals surface area contributed by atoms with Crippen LogP contribution in [0.5, 0.6) is 11.6 Å². The van der Waals surface area contributed by atoms with Gasteiger partial charge in [-0.2, -0.15) is 5.26 Å². The maximum Gasteiger partial charge on any atom is 0.263 e. The Bertz CT molecular complexity index is 1950. The zero-order valence-corrected chi connectivity index (χ0v) is 28.1. The highest BCUT2D eigenvalue weighted by Gasteiger charge is 2.67. The number of likely N-dealkylation sites (tertiary alicyclic amines) is 1. The second-order valence-corrected chi connectivity index (χ2v) is 15.0. The van der Waals surface area contributed by atoms with Gasteiger partial charge >= 0.3 is 0 Å². The third-order valence-electron chi connectivity index (χ3n) is 11.4. The first-order valence-electron chi connectivity index (χ1n) is 16.8. The Morgan fingerprint density at radius 1 is 1.12 bits per heavy atom.